The van der Waals surface area contributed by atoms with Crippen molar-refractivity contribution in [3.8, 4) is 0 Å². The molecule has 1 rings (SSSR count). The van der Waals surface area contributed by atoms with Gasteiger partial charge in [-0.05, 0) is 45.0 Å². The molecule has 0 aromatic heterocycles. The van der Waals surface area contributed by atoms with Crippen LogP contribution in [0, 0.1) is 0 Å². The maximum Gasteiger partial charge on any atom is 0.407 e. The summed E-state index contributed by atoms with van der Waals surface area (Å²) >= 11 is 0. The van der Waals surface area contributed by atoms with Crippen molar-refractivity contribution in [3.63, 3.8) is 0 Å². The Morgan fingerprint density at radius 2 is 1.96 bits per heavy atom. The monoisotopic (exact) mass is 373 g/mol. The number of nitrogens with one attached hydrogen (secondary N) is 1. The Morgan fingerprint density at radius 3 is 2.52 bits per heavy atom. The van der Waals surface area contributed by atoms with E-state index < -0.39 is 39.1 Å². The molecule has 1 aromatic rings. The zero-order valence-electron chi connectivity index (χ0n) is 14.1. The Balaban J connectivity index is 2.71. The maximum absolute atomic E-state index is 13.8. The van der Waals surface area contributed by atoms with Crippen molar-refractivity contribution in [1.82, 2.24) is 5.32 Å². The minimum atomic E-state index is -4.05. The zero-order chi connectivity index (χ0) is 19.3. The summed E-state index contributed by atoms with van der Waals surface area (Å²) in [5, 5.41) is 11.1. The van der Waals surface area contributed by atoms with Crippen molar-refractivity contribution >= 4 is 21.9 Å². The first kappa shape index (κ1) is 20.6. The van der Waals surface area contributed by atoms with Gasteiger partial charge < -0.3 is 15.2 Å². The summed E-state index contributed by atoms with van der Waals surface area (Å²) in [5.74, 6) is -3.20. The summed E-state index contributed by atoms with van der Waals surface area (Å²) in [6, 6.07) is 4.65. The lowest BCUT2D eigenvalue weighted by Gasteiger charge is -2.19. The zero-order valence-corrected chi connectivity index (χ0v) is 14.9. The van der Waals surface area contributed by atoms with Gasteiger partial charge in [0.1, 0.15) is 17.2 Å². The molecule has 0 heterocycles. The van der Waals surface area contributed by atoms with Crippen LogP contribution in [-0.2, 0) is 14.6 Å². The third kappa shape index (κ3) is 7.34. The van der Waals surface area contributed by atoms with Gasteiger partial charge in [0.05, 0.1) is 10.5 Å². The Kier molecular flexibility index (Phi) is 6.69. The molecule has 0 radical (unpaired) electrons. The van der Waals surface area contributed by atoms with Gasteiger partial charge in [0, 0.05) is 6.54 Å². The topological polar surface area (TPSA) is 110 Å². The van der Waals surface area contributed by atoms with E-state index in [4.69, 9.17) is 9.84 Å². The minimum absolute atomic E-state index is 0.211. The fourth-order valence-corrected chi connectivity index (χ4v) is 2.95. The number of rotatable bonds is 6. The molecule has 0 saturated carbocycles. The number of carboxylic acid groups (broad SMARTS) is 1. The smallest absolute Gasteiger partial charge is 0.407 e. The molecule has 0 aliphatic rings. The van der Waals surface area contributed by atoms with Crippen molar-refractivity contribution in [2.24, 2.45) is 0 Å². The van der Waals surface area contributed by atoms with Crippen molar-refractivity contribution in [1.29, 1.82) is 0 Å². The molecule has 1 aromatic carbocycles. The molecule has 0 spiro atoms. The van der Waals surface area contributed by atoms with Crippen molar-refractivity contribution in [2.75, 3.05) is 12.3 Å². The van der Waals surface area contributed by atoms with Gasteiger partial charge in [-0.3, -0.25) is 0 Å². The first-order valence-corrected chi connectivity index (χ1v) is 8.93. The van der Waals surface area contributed by atoms with Gasteiger partial charge in [-0.15, -0.1) is 0 Å². The first-order chi connectivity index (χ1) is 11.4. The number of alkyl carbamates (subject to hydrolysis) is 1. The minimum Gasteiger partial charge on any atom is -0.478 e. The number of hydrogen-bond donors (Lipinski definition) is 2. The van der Waals surface area contributed by atoms with E-state index >= 15 is 0 Å². The average Bonchev–Trinajstić information content (AvgIpc) is 2.44. The van der Waals surface area contributed by atoms with Crippen LogP contribution in [0.2, 0.25) is 0 Å². The molecule has 7 nitrogen and oxygen atoms in total. The molecule has 0 atom stereocenters. The normalized spacial score (nSPS) is 12.6. The second-order valence-corrected chi connectivity index (χ2v) is 8.12. The Labute approximate surface area is 145 Å². The van der Waals surface area contributed by atoms with Crippen LogP contribution in [0.5, 0.6) is 0 Å². The Hall–Kier alpha value is -2.42. The van der Waals surface area contributed by atoms with Crippen LogP contribution >= 0.6 is 0 Å². The van der Waals surface area contributed by atoms with Gasteiger partial charge in [-0.25, -0.2) is 22.4 Å². The number of carbonyl (C=O) groups excluding carboxylic acids is 1. The highest BCUT2D eigenvalue weighted by molar-refractivity contribution is 7.91. The summed E-state index contributed by atoms with van der Waals surface area (Å²) in [5.41, 5.74) is -0.915. The van der Waals surface area contributed by atoms with Crippen molar-refractivity contribution < 1.29 is 32.2 Å². The number of carbonyl (C=O) groups is 2. The predicted octanol–water partition coefficient (Wildman–Crippen LogP) is 2.54. The number of amides is 1. The largest absolute Gasteiger partial charge is 0.478 e. The molecular weight excluding hydrogens is 353 g/mol. The number of sulfone groups is 1. The fourth-order valence-electron chi connectivity index (χ4n) is 1.71. The lowest BCUT2D eigenvalue weighted by atomic mass is 10.2. The first-order valence-electron chi connectivity index (χ1n) is 7.28. The van der Waals surface area contributed by atoms with E-state index in [2.05, 4.69) is 5.32 Å². The molecule has 0 unspecified atom stereocenters. The second-order valence-electron chi connectivity index (χ2n) is 6.13. The lowest BCUT2D eigenvalue weighted by molar-refractivity contribution is 0.0533. The van der Waals surface area contributed by atoms with Crippen LogP contribution in [0.25, 0.3) is 0 Å². The highest BCUT2D eigenvalue weighted by atomic mass is 32.2. The molecule has 0 aliphatic carbocycles. The highest BCUT2D eigenvalue weighted by Crippen LogP contribution is 2.16. The van der Waals surface area contributed by atoms with E-state index in [0.29, 0.717) is 0 Å². The molecule has 9 heteroatoms. The Bertz CT molecular complexity index is 780. The van der Waals surface area contributed by atoms with Crippen LogP contribution < -0.4 is 5.32 Å². The van der Waals surface area contributed by atoms with E-state index in [1.807, 2.05) is 0 Å². The Morgan fingerprint density at radius 1 is 1.32 bits per heavy atom. The summed E-state index contributed by atoms with van der Waals surface area (Å²) < 4.78 is 43.0. The van der Waals surface area contributed by atoms with Crippen molar-refractivity contribution in [3.05, 3.63) is 41.7 Å². The van der Waals surface area contributed by atoms with E-state index in [0.717, 1.165) is 12.1 Å². The molecule has 1 amide bonds. The van der Waals surface area contributed by atoms with Gasteiger partial charge in [0.2, 0.25) is 0 Å². The summed E-state index contributed by atoms with van der Waals surface area (Å²) in [4.78, 5) is 22.0. The molecule has 25 heavy (non-hydrogen) atoms. The van der Waals surface area contributed by atoms with Gasteiger partial charge in [-0.1, -0.05) is 6.07 Å². The third-order valence-electron chi connectivity index (χ3n) is 2.74. The van der Waals surface area contributed by atoms with Crippen molar-refractivity contribution in [2.45, 2.75) is 31.3 Å². The van der Waals surface area contributed by atoms with Crippen LogP contribution in [0.1, 0.15) is 31.1 Å². The molecule has 0 bridgehead atoms. The number of ether oxygens (including phenoxy) is 1. The standard InChI is InChI=1S/C16H20FNO6S/c1-16(2,3)24-15(21)18-8-7-12(17)10-25(22,23)13-6-4-5-11(9-13)14(19)20/h4-7,9H,8,10H2,1-3H3,(H,18,21)(H,19,20)/b12-7-. The van der Waals surface area contributed by atoms with E-state index in [1.165, 1.54) is 18.2 Å². The molecule has 0 fully saturated rings. The quantitative estimate of drug-likeness (QED) is 0.793. The highest BCUT2D eigenvalue weighted by Gasteiger charge is 2.19. The number of aromatic carboxylic acids is 1. The summed E-state index contributed by atoms with van der Waals surface area (Å²) in [7, 11) is -4.05. The summed E-state index contributed by atoms with van der Waals surface area (Å²) in [6.45, 7) is 4.76. The van der Waals surface area contributed by atoms with Crippen LogP contribution in [-0.4, -0.2) is 43.5 Å². The van der Waals surface area contributed by atoms with Crippen LogP contribution in [0.15, 0.2) is 41.1 Å². The van der Waals surface area contributed by atoms with Gasteiger partial charge in [-0.2, -0.15) is 0 Å². The molecular formula is C16H20FNO6S. The predicted molar refractivity (Wildman–Crippen MR) is 88.9 cm³/mol. The number of hydrogen-bond acceptors (Lipinski definition) is 5. The SMILES string of the molecule is CC(C)(C)OC(=O)NC/C=C(\F)CS(=O)(=O)c1cccc(C(=O)O)c1. The van der Waals surface area contributed by atoms with E-state index in [9.17, 15) is 22.4 Å². The van der Waals surface area contributed by atoms with Gasteiger partial charge in [0.25, 0.3) is 0 Å². The fraction of sp³-hybridized carbons (Fsp3) is 0.375. The molecule has 2 N–H and O–H groups in total. The molecule has 138 valence electrons. The summed E-state index contributed by atoms with van der Waals surface area (Å²) in [6.07, 6.45) is 0.149. The number of halogens is 1. The van der Waals surface area contributed by atoms with E-state index in [-0.39, 0.29) is 17.0 Å². The average molecular weight is 373 g/mol. The van der Waals surface area contributed by atoms with Gasteiger partial charge in [0.15, 0.2) is 9.84 Å². The lowest BCUT2D eigenvalue weighted by Crippen LogP contribution is -2.32. The van der Waals surface area contributed by atoms with Gasteiger partial charge >= 0.3 is 12.1 Å². The number of benzene rings is 1. The number of carboxylic acids is 1. The van der Waals surface area contributed by atoms with Crippen LogP contribution in [0.3, 0.4) is 0 Å². The maximum atomic E-state index is 13.8. The van der Waals surface area contributed by atoms with Crippen LogP contribution in [0.4, 0.5) is 9.18 Å². The third-order valence-corrected chi connectivity index (χ3v) is 4.36. The second kappa shape index (κ2) is 8.11. The molecule has 0 saturated heterocycles. The van der Waals surface area contributed by atoms with E-state index in [1.54, 1.807) is 20.8 Å². The molecule has 0 aliphatic heterocycles.